The Labute approximate surface area is 144 Å². The van der Waals surface area contributed by atoms with Crippen LogP contribution < -0.4 is 5.32 Å². The Kier molecular flexibility index (Phi) is 4.42. The molecule has 0 amide bonds. The lowest BCUT2D eigenvalue weighted by Crippen LogP contribution is -1.98. The van der Waals surface area contributed by atoms with Crippen LogP contribution in [-0.4, -0.2) is 14.9 Å². The number of anilines is 2. The van der Waals surface area contributed by atoms with E-state index in [1.807, 2.05) is 0 Å². The van der Waals surface area contributed by atoms with Crippen LogP contribution in [0.15, 0.2) is 42.6 Å². The maximum Gasteiger partial charge on any atom is 0.269 e. The molecule has 116 valence electrons. The summed E-state index contributed by atoms with van der Waals surface area (Å²) in [5.74, 6) is 0.356. The zero-order valence-corrected chi connectivity index (χ0v) is 13.7. The first-order chi connectivity index (χ1) is 11.0. The van der Waals surface area contributed by atoms with Crippen molar-refractivity contribution in [3.8, 4) is 11.3 Å². The molecule has 3 aromatic rings. The Morgan fingerprint density at radius 2 is 1.91 bits per heavy atom. The standard InChI is InChI=1S/C14H8Cl2N4O2S/c15-12-7-10(13(16)23-12)11-5-6-17-14(19-11)18-8-1-3-9(4-2-8)20(21)22/h1-7H,(H,17,18,19). The molecule has 0 aliphatic heterocycles. The van der Waals surface area contributed by atoms with Gasteiger partial charge in [-0.2, -0.15) is 0 Å². The number of aromatic nitrogens is 2. The van der Waals surface area contributed by atoms with Gasteiger partial charge in [0.2, 0.25) is 5.95 Å². The van der Waals surface area contributed by atoms with Crippen LogP contribution in [0.1, 0.15) is 0 Å². The van der Waals surface area contributed by atoms with E-state index in [0.717, 1.165) is 5.56 Å². The number of benzene rings is 1. The van der Waals surface area contributed by atoms with Crippen LogP contribution >= 0.6 is 34.5 Å². The summed E-state index contributed by atoms with van der Waals surface area (Å²) in [5.41, 5.74) is 2.03. The zero-order chi connectivity index (χ0) is 16.4. The van der Waals surface area contributed by atoms with Crippen molar-refractivity contribution in [3.05, 3.63) is 61.4 Å². The lowest BCUT2D eigenvalue weighted by molar-refractivity contribution is -0.384. The molecule has 0 aliphatic carbocycles. The van der Waals surface area contributed by atoms with E-state index in [9.17, 15) is 10.1 Å². The lowest BCUT2D eigenvalue weighted by atomic mass is 10.2. The molecule has 0 atom stereocenters. The smallest absolute Gasteiger partial charge is 0.269 e. The fraction of sp³-hybridized carbons (Fsp3) is 0. The summed E-state index contributed by atoms with van der Waals surface area (Å²) in [6.45, 7) is 0. The molecule has 6 nitrogen and oxygen atoms in total. The van der Waals surface area contributed by atoms with E-state index in [2.05, 4.69) is 15.3 Å². The van der Waals surface area contributed by atoms with Crippen molar-refractivity contribution < 1.29 is 4.92 Å². The largest absolute Gasteiger partial charge is 0.324 e. The van der Waals surface area contributed by atoms with E-state index in [1.165, 1.54) is 23.5 Å². The number of hydrogen-bond donors (Lipinski definition) is 1. The third-order valence-corrected chi connectivity index (χ3v) is 4.41. The monoisotopic (exact) mass is 366 g/mol. The van der Waals surface area contributed by atoms with E-state index in [1.54, 1.807) is 30.5 Å². The Morgan fingerprint density at radius 3 is 2.52 bits per heavy atom. The Hall–Kier alpha value is -2.22. The van der Waals surface area contributed by atoms with Gasteiger partial charge in [-0.25, -0.2) is 9.97 Å². The van der Waals surface area contributed by atoms with Gasteiger partial charge in [-0.3, -0.25) is 10.1 Å². The number of nitrogens with zero attached hydrogens (tertiary/aromatic N) is 3. The van der Waals surface area contributed by atoms with E-state index in [4.69, 9.17) is 23.2 Å². The number of non-ortho nitro benzene ring substituents is 1. The Bertz CT molecular complexity index is 867. The van der Waals surface area contributed by atoms with Crippen molar-refractivity contribution in [1.82, 2.24) is 9.97 Å². The van der Waals surface area contributed by atoms with E-state index in [-0.39, 0.29) is 5.69 Å². The first-order valence-corrected chi connectivity index (χ1v) is 7.90. The molecule has 23 heavy (non-hydrogen) atoms. The van der Waals surface area contributed by atoms with Gasteiger partial charge >= 0.3 is 0 Å². The van der Waals surface area contributed by atoms with Crippen molar-refractivity contribution in [2.75, 3.05) is 5.32 Å². The van der Waals surface area contributed by atoms with Crippen molar-refractivity contribution >= 4 is 51.9 Å². The van der Waals surface area contributed by atoms with Crippen LogP contribution in [0.25, 0.3) is 11.3 Å². The topological polar surface area (TPSA) is 81.0 Å². The first-order valence-electron chi connectivity index (χ1n) is 6.32. The van der Waals surface area contributed by atoms with E-state index in [0.29, 0.717) is 26.0 Å². The van der Waals surface area contributed by atoms with Gasteiger partial charge in [-0.15, -0.1) is 11.3 Å². The fourth-order valence-corrected chi connectivity index (χ4v) is 3.36. The molecule has 0 saturated carbocycles. The molecule has 0 radical (unpaired) electrons. The summed E-state index contributed by atoms with van der Waals surface area (Å²) in [6.07, 6.45) is 1.60. The van der Waals surface area contributed by atoms with Gasteiger partial charge in [0, 0.05) is 29.6 Å². The maximum atomic E-state index is 10.6. The van der Waals surface area contributed by atoms with Gasteiger partial charge in [0.05, 0.1) is 15.0 Å². The van der Waals surface area contributed by atoms with Gasteiger partial charge in [0.25, 0.3) is 5.69 Å². The van der Waals surface area contributed by atoms with Crippen LogP contribution in [0.4, 0.5) is 17.3 Å². The molecular weight excluding hydrogens is 359 g/mol. The van der Waals surface area contributed by atoms with E-state index < -0.39 is 4.92 Å². The van der Waals surface area contributed by atoms with Crippen LogP contribution in [0, 0.1) is 10.1 Å². The number of thiophene rings is 1. The molecule has 2 heterocycles. The van der Waals surface area contributed by atoms with Crippen LogP contribution in [0.5, 0.6) is 0 Å². The summed E-state index contributed by atoms with van der Waals surface area (Å²) in [7, 11) is 0. The summed E-state index contributed by atoms with van der Waals surface area (Å²) in [5, 5.41) is 13.6. The summed E-state index contributed by atoms with van der Waals surface area (Å²) < 4.78 is 1.13. The van der Waals surface area contributed by atoms with Crippen molar-refractivity contribution in [2.45, 2.75) is 0 Å². The molecule has 0 aliphatic rings. The SMILES string of the molecule is O=[N+]([O-])c1ccc(Nc2nccc(-c3cc(Cl)sc3Cl)n2)cc1. The molecule has 1 aromatic carbocycles. The Balaban J connectivity index is 1.85. The minimum atomic E-state index is -0.455. The number of rotatable bonds is 4. The molecule has 3 rings (SSSR count). The average Bonchev–Trinajstić information content (AvgIpc) is 2.87. The van der Waals surface area contributed by atoms with Crippen molar-refractivity contribution in [1.29, 1.82) is 0 Å². The third-order valence-electron chi connectivity index (χ3n) is 2.92. The predicted molar refractivity (Wildman–Crippen MR) is 91.7 cm³/mol. The maximum absolute atomic E-state index is 10.6. The number of nitrogens with one attached hydrogen (secondary N) is 1. The highest BCUT2D eigenvalue weighted by atomic mass is 35.5. The van der Waals surface area contributed by atoms with Gasteiger partial charge in [-0.05, 0) is 24.3 Å². The van der Waals surface area contributed by atoms with Crippen molar-refractivity contribution in [3.63, 3.8) is 0 Å². The molecule has 1 N–H and O–H groups in total. The number of nitro benzene ring substituents is 1. The highest BCUT2D eigenvalue weighted by Crippen LogP contribution is 2.37. The van der Waals surface area contributed by atoms with E-state index >= 15 is 0 Å². The summed E-state index contributed by atoms with van der Waals surface area (Å²) in [6, 6.07) is 9.45. The van der Waals surface area contributed by atoms with Crippen LogP contribution in [0.2, 0.25) is 8.67 Å². The van der Waals surface area contributed by atoms with Gasteiger partial charge in [0.1, 0.15) is 4.34 Å². The first kappa shape index (κ1) is 15.7. The molecular formula is C14H8Cl2N4O2S. The van der Waals surface area contributed by atoms with Crippen molar-refractivity contribution in [2.24, 2.45) is 0 Å². The molecule has 0 saturated heterocycles. The number of nitro groups is 1. The molecule has 9 heteroatoms. The molecule has 2 aromatic heterocycles. The highest BCUT2D eigenvalue weighted by Gasteiger charge is 2.11. The predicted octanol–water partition coefficient (Wildman–Crippen LogP) is 5.16. The average molecular weight is 367 g/mol. The number of hydrogen-bond acceptors (Lipinski definition) is 6. The second kappa shape index (κ2) is 6.49. The zero-order valence-electron chi connectivity index (χ0n) is 11.4. The minimum absolute atomic E-state index is 0.0184. The van der Waals surface area contributed by atoms with Crippen LogP contribution in [-0.2, 0) is 0 Å². The van der Waals surface area contributed by atoms with Gasteiger partial charge in [0.15, 0.2) is 0 Å². The van der Waals surface area contributed by atoms with Crippen LogP contribution in [0.3, 0.4) is 0 Å². The van der Waals surface area contributed by atoms with Gasteiger partial charge < -0.3 is 5.32 Å². The molecule has 0 spiro atoms. The molecule has 0 unspecified atom stereocenters. The lowest BCUT2D eigenvalue weighted by Gasteiger charge is -2.06. The molecule has 0 fully saturated rings. The normalized spacial score (nSPS) is 10.5. The summed E-state index contributed by atoms with van der Waals surface area (Å²) >= 11 is 13.3. The second-order valence-corrected chi connectivity index (χ2v) is 6.72. The van der Waals surface area contributed by atoms with Gasteiger partial charge in [-0.1, -0.05) is 23.2 Å². The highest BCUT2D eigenvalue weighted by molar-refractivity contribution is 7.20. The summed E-state index contributed by atoms with van der Waals surface area (Å²) in [4.78, 5) is 18.7. The second-order valence-electron chi connectivity index (χ2n) is 4.43. The minimum Gasteiger partial charge on any atom is -0.324 e. The third kappa shape index (κ3) is 3.58. The Morgan fingerprint density at radius 1 is 1.17 bits per heavy atom. The quantitative estimate of drug-likeness (QED) is 0.509. The molecule has 0 bridgehead atoms. The fourth-order valence-electron chi connectivity index (χ4n) is 1.88. The number of halogens is 2.